The van der Waals surface area contributed by atoms with Crippen molar-refractivity contribution >= 4 is 11.6 Å². The van der Waals surface area contributed by atoms with Crippen molar-refractivity contribution in [2.24, 2.45) is 0 Å². The van der Waals surface area contributed by atoms with Gasteiger partial charge in [-0.1, -0.05) is 18.2 Å². The molecule has 0 atom stereocenters. The van der Waals surface area contributed by atoms with Gasteiger partial charge in [0.15, 0.2) is 5.69 Å². The van der Waals surface area contributed by atoms with Crippen molar-refractivity contribution in [1.82, 2.24) is 25.0 Å². The highest BCUT2D eigenvalue weighted by Crippen LogP contribution is 2.33. The standard InChI is InChI=1S/C19H13F3N6O/c20-19(21,22)12-5-1-2-7-16(12)28-10-8-14(27-28)18(29)25-15-11-24-26-17(15)13-6-3-4-9-23-13/h1-11H,(H,24,26)(H,25,29). The summed E-state index contributed by atoms with van der Waals surface area (Å²) >= 11 is 0. The van der Waals surface area contributed by atoms with Gasteiger partial charge in [-0.25, -0.2) is 4.68 Å². The molecule has 0 aliphatic heterocycles. The van der Waals surface area contributed by atoms with Crippen LogP contribution in [0.25, 0.3) is 17.1 Å². The van der Waals surface area contributed by atoms with Gasteiger partial charge in [0.05, 0.1) is 28.8 Å². The normalized spacial score (nSPS) is 11.4. The first kappa shape index (κ1) is 18.4. The van der Waals surface area contributed by atoms with Crippen LogP contribution in [0.4, 0.5) is 18.9 Å². The zero-order valence-electron chi connectivity index (χ0n) is 14.7. The maximum Gasteiger partial charge on any atom is 0.418 e. The van der Waals surface area contributed by atoms with Crippen LogP contribution in [0.2, 0.25) is 0 Å². The molecule has 1 amide bonds. The number of carbonyl (C=O) groups is 1. The second-order valence-electron chi connectivity index (χ2n) is 5.99. The quantitative estimate of drug-likeness (QED) is 0.545. The van der Waals surface area contributed by atoms with Crippen molar-refractivity contribution in [2.45, 2.75) is 6.18 Å². The molecule has 0 aliphatic rings. The fourth-order valence-electron chi connectivity index (χ4n) is 2.77. The number of H-pyrrole nitrogens is 1. The van der Waals surface area contributed by atoms with E-state index in [1.165, 1.54) is 36.7 Å². The summed E-state index contributed by atoms with van der Waals surface area (Å²) in [6.07, 6.45) is -0.229. The minimum absolute atomic E-state index is 0.0462. The van der Waals surface area contributed by atoms with Gasteiger partial charge in [-0.3, -0.25) is 14.9 Å². The Morgan fingerprint density at radius 1 is 1.07 bits per heavy atom. The number of hydrogen-bond acceptors (Lipinski definition) is 4. The first-order valence-corrected chi connectivity index (χ1v) is 8.42. The Kier molecular flexibility index (Phi) is 4.59. The third-order valence-corrected chi connectivity index (χ3v) is 4.09. The summed E-state index contributed by atoms with van der Waals surface area (Å²) in [6, 6.07) is 11.6. The molecule has 29 heavy (non-hydrogen) atoms. The fraction of sp³-hybridized carbons (Fsp3) is 0.0526. The molecule has 4 aromatic rings. The molecule has 0 fully saturated rings. The Morgan fingerprint density at radius 2 is 1.86 bits per heavy atom. The number of carbonyl (C=O) groups excluding carboxylic acids is 1. The summed E-state index contributed by atoms with van der Waals surface area (Å²) in [5, 5.41) is 13.3. The van der Waals surface area contributed by atoms with E-state index in [-0.39, 0.29) is 11.4 Å². The van der Waals surface area contributed by atoms with E-state index < -0.39 is 17.6 Å². The van der Waals surface area contributed by atoms with Crippen molar-refractivity contribution < 1.29 is 18.0 Å². The number of nitrogens with one attached hydrogen (secondary N) is 2. The van der Waals surface area contributed by atoms with Crippen LogP contribution in [0, 0.1) is 0 Å². The first-order chi connectivity index (χ1) is 13.9. The molecular weight excluding hydrogens is 385 g/mol. The monoisotopic (exact) mass is 398 g/mol. The minimum Gasteiger partial charge on any atom is -0.317 e. The summed E-state index contributed by atoms with van der Waals surface area (Å²) in [6.45, 7) is 0. The topological polar surface area (TPSA) is 88.5 Å². The van der Waals surface area contributed by atoms with Crippen LogP contribution in [-0.4, -0.2) is 30.9 Å². The second kappa shape index (κ2) is 7.23. The Bertz CT molecular complexity index is 1150. The fourth-order valence-corrected chi connectivity index (χ4v) is 2.77. The molecule has 0 aliphatic carbocycles. The van der Waals surface area contributed by atoms with Gasteiger partial charge in [0.25, 0.3) is 5.91 Å². The number of aromatic nitrogens is 5. The second-order valence-corrected chi connectivity index (χ2v) is 5.99. The van der Waals surface area contributed by atoms with Crippen LogP contribution >= 0.6 is 0 Å². The third-order valence-electron chi connectivity index (χ3n) is 4.09. The number of para-hydroxylation sites is 1. The van der Waals surface area contributed by atoms with E-state index in [1.807, 2.05) is 0 Å². The summed E-state index contributed by atoms with van der Waals surface area (Å²) in [5.74, 6) is -0.591. The highest BCUT2D eigenvalue weighted by Gasteiger charge is 2.34. The van der Waals surface area contributed by atoms with Crippen molar-refractivity contribution in [3.05, 3.63) is 78.4 Å². The third kappa shape index (κ3) is 3.72. The SMILES string of the molecule is O=C(Nc1cn[nH]c1-c1ccccn1)c1ccn(-c2ccccc2C(F)(F)F)n1. The maximum absolute atomic E-state index is 13.2. The van der Waals surface area contributed by atoms with E-state index in [4.69, 9.17) is 0 Å². The summed E-state index contributed by atoms with van der Waals surface area (Å²) in [4.78, 5) is 16.7. The number of anilines is 1. The zero-order valence-corrected chi connectivity index (χ0v) is 14.7. The molecule has 1 aromatic carbocycles. The number of amides is 1. The van der Waals surface area contributed by atoms with Gasteiger partial charge in [0.2, 0.25) is 0 Å². The molecule has 0 saturated carbocycles. The van der Waals surface area contributed by atoms with E-state index in [9.17, 15) is 18.0 Å². The molecule has 4 rings (SSSR count). The molecular formula is C19H13F3N6O. The minimum atomic E-state index is -4.54. The average Bonchev–Trinajstić information content (AvgIpc) is 3.38. The summed E-state index contributed by atoms with van der Waals surface area (Å²) in [7, 11) is 0. The van der Waals surface area contributed by atoms with Gasteiger partial charge in [0, 0.05) is 12.4 Å². The van der Waals surface area contributed by atoms with Gasteiger partial charge < -0.3 is 5.32 Å². The lowest BCUT2D eigenvalue weighted by Gasteiger charge is -2.12. The molecule has 0 bridgehead atoms. The molecule has 0 unspecified atom stereocenters. The zero-order chi connectivity index (χ0) is 20.4. The number of nitrogens with zero attached hydrogens (tertiary/aromatic N) is 4. The molecule has 7 nitrogen and oxygen atoms in total. The van der Waals surface area contributed by atoms with Gasteiger partial charge in [-0.15, -0.1) is 0 Å². The van der Waals surface area contributed by atoms with Crippen LogP contribution < -0.4 is 5.32 Å². The Balaban J connectivity index is 1.60. The number of alkyl halides is 3. The van der Waals surface area contributed by atoms with Crippen molar-refractivity contribution in [2.75, 3.05) is 5.32 Å². The average molecular weight is 398 g/mol. The number of hydrogen-bond donors (Lipinski definition) is 2. The Hall–Kier alpha value is -3.95. The molecule has 2 N–H and O–H groups in total. The Morgan fingerprint density at radius 3 is 2.62 bits per heavy atom. The van der Waals surface area contributed by atoms with E-state index >= 15 is 0 Å². The first-order valence-electron chi connectivity index (χ1n) is 8.42. The highest BCUT2D eigenvalue weighted by molar-refractivity contribution is 6.04. The predicted octanol–water partition coefficient (Wildman–Crippen LogP) is 3.93. The summed E-state index contributed by atoms with van der Waals surface area (Å²) in [5.41, 5.74) is 0.388. The van der Waals surface area contributed by atoms with Crippen molar-refractivity contribution in [3.63, 3.8) is 0 Å². The molecule has 146 valence electrons. The largest absolute Gasteiger partial charge is 0.418 e. The lowest BCUT2D eigenvalue weighted by Crippen LogP contribution is -2.14. The van der Waals surface area contributed by atoms with E-state index in [0.717, 1.165) is 10.7 Å². The molecule has 0 spiro atoms. The molecule has 0 radical (unpaired) electrons. The molecule has 10 heteroatoms. The van der Waals surface area contributed by atoms with Crippen LogP contribution in [0.5, 0.6) is 0 Å². The lowest BCUT2D eigenvalue weighted by atomic mass is 10.2. The van der Waals surface area contributed by atoms with E-state index in [0.29, 0.717) is 17.1 Å². The van der Waals surface area contributed by atoms with Crippen LogP contribution in [-0.2, 0) is 6.18 Å². The summed E-state index contributed by atoms with van der Waals surface area (Å²) < 4.78 is 40.7. The van der Waals surface area contributed by atoms with Crippen LogP contribution in [0.15, 0.2) is 67.1 Å². The van der Waals surface area contributed by atoms with E-state index in [1.54, 1.807) is 24.4 Å². The highest BCUT2D eigenvalue weighted by atomic mass is 19.4. The van der Waals surface area contributed by atoms with Crippen molar-refractivity contribution in [3.8, 4) is 17.1 Å². The van der Waals surface area contributed by atoms with E-state index in [2.05, 4.69) is 25.6 Å². The van der Waals surface area contributed by atoms with Crippen LogP contribution in [0.3, 0.4) is 0 Å². The Labute approximate surface area is 162 Å². The number of benzene rings is 1. The van der Waals surface area contributed by atoms with Gasteiger partial charge in [-0.05, 0) is 30.3 Å². The number of rotatable bonds is 4. The van der Waals surface area contributed by atoms with Crippen molar-refractivity contribution in [1.29, 1.82) is 0 Å². The number of pyridine rings is 1. The predicted molar refractivity (Wildman–Crippen MR) is 98.3 cm³/mol. The molecule has 3 aromatic heterocycles. The van der Waals surface area contributed by atoms with Gasteiger partial charge in [0.1, 0.15) is 5.69 Å². The number of halogens is 3. The van der Waals surface area contributed by atoms with Gasteiger partial charge >= 0.3 is 6.18 Å². The van der Waals surface area contributed by atoms with Crippen LogP contribution in [0.1, 0.15) is 16.1 Å². The lowest BCUT2D eigenvalue weighted by molar-refractivity contribution is -0.137. The maximum atomic E-state index is 13.2. The molecule has 0 saturated heterocycles. The van der Waals surface area contributed by atoms with Gasteiger partial charge in [-0.2, -0.15) is 23.4 Å². The molecule has 3 heterocycles. The smallest absolute Gasteiger partial charge is 0.317 e. The number of aromatic amines is 1.